The van der Waals surface area contributed by atoms with Crippen molar-refractivity contribution in [1.29, 1.82) is 0 Å². The van der Waals surface area contributed by atoms with Crippen molar-refractivity contribution in [3.63, 3.8) is 0 Å². The molecule has 0 saturated carbocycles. The molecular formula is C19H25NO4. The third kappa shape index (κ3) is 3.26. The van der Waals surface area contributed by atoms with Crippen LogP contribution in [-0.4, -0.2) is 50.3 Å². The lowest BCUT2D eigenvalue weighted by Gasteiger charge is -2.37. The Morgan fingerprint density at radius 2 is 1.75 bits per heavy atom. The number of nitrogens with zero attached hydrogens (tertiary/aromatic N) is 1. The van der Waals surface area contributed by atoms with Gasteiger partial charge in [0.15, 0.2) is 11.5 Å². The van der Waals surface area contributed by atoms with E-state index >= 15 is 0 Å². The first-order valence-corrected chi connectivity index (χ1v) is 8.41. The molecule has 1 aromatic rings. The Kier molecular flexibility index (Phi) is 5.09. The number of methoxy groups -OCH3 is 3. The van der Waals surface area contributed by atoms with Crippen molar-refractivity contribution in [2.45, 2.75) is 43.9 Å². The van der Waals surface area contributed by atoms with E-state index in [2.05, 4.69) is 0 Å². The maximum Gasteiger partial charge on any atom is 0.247 e. The van der Waals surface area contributed by atoms with Crippen molar-refractivity contribution < 1.29 is 19.0 Å². The van der Waals surface area contributed by atoms with Gasteiger partial charge in [0.1, 0.15) is 0 Å². The molecule has 1 amide bonds. The maximum atomic E-state index is 12.6. The van der Waals surface area contributed by atoms with Gasteiger partial charge in [-0.15, -0.1) is 0 Å². The van der Waals surface area contributed by atoms with E-state index < -0.39 is 0 Å². The van der Waals surface area contributed by atoms with Gasteiger partial charge in [-0.05, 0) is 49.5 Å². The Labute approximate surface area is 143 Å². The van der Waals surface area contributed by atoms with Crippen molar-refractivity contribution in [3.8, 4) is 11.5 Å². The van der Waals surface area contributed by atoms with Crippen LogP contribution in [0.3, 0.4) is 0 Å². The molecule has 1 aromatic carbocycles. The number of carbonyl (C=O) groups excluding carboxylic acids is 1. The minimum absolute atomic E-state index is 0.0897. The first-order valence-electron chi connectivity index (χ1n) is 8.41. The highest BCUT2D eigenvalue weighted by Crippen LogP contribution is 2.37. The normalized spacial score (nSPS) is 26.0. The van der Waals surface area contributed by atoms with Crippen LogP contribution in [0, 0.1) is 0 Å². The van der Waals surface area contributed by atoms with Crippen molar-refractivity contribution in [1.82, 2.24) is 4.90 Å². The summed E-state index contributed by atoms with van der Waals surface area (Å²) < 4.78 is 16.0. The van der Waals surface area contributed by atoms with Crippen LogP contribution in [0.4, 0.5) is 0 Å². The molecule has 0 radical (unpaired) electrons. The van der Waals surface area contributed by atoms with E-state index in [1.807, 2.05) is 29.2 Å². The molecule has 0 aliphatic carbocycles. The van der Waals surface area contributed by atoms with Crippen LogP contribution in [0.15, 0.2) is 24.3 Å². The molecule has 2 unspecified atom stereocenters. The summed E-state index contributed by atoms with van der Waals surface area (Å²) in [6, 6.07) is 6.26. The van der Waals surface area contributed by atoms with E-state index in [-0.39, 0.29) is 5.91 Å². The summed E-state index contributed by atoms with van der Waals surface area (Å²) >= 11 is 0. The van der Waals surface area contributed by atoms with Crippen LogP contribution in [0.5, 0.6) is 11.5 Å². The molecular weight excluding hydrogens is 306 g/mol. The van der Waals surface area contributed by atoms with E-state index in [1.54, 1.807) is 27.4 Å². The molecule has 130 valence electrons. The van der Waals surface area contributed by atoms with Gasteiger partial charge in [-0.1, -0.05) is 6.07 Å². The number of hydrogen-bond donors (Lipinski definition) is 0. The Bertz CT molecular complexity index is 614. The smallest absolute Gasteiger partial charge is 0.247 e. The van der Waals surface area contributed by atoms with Gasteiger partial charge in [0.25, 0.3) is 0 Å². The molecule has 2 fully saturated rings. The van der Waals surface area contributed by atoms with Crippen LogP contribution < -0.4 is 9.47 Å². The predicted molar refractivity (Wildman–Crippen MR) is 92.3 cm³/mol. The van der Waals surface area contributed by atoms with Crippen molar-refractivity contribution in [2.24, 2.45) is 0 Å². The molecule has 5 heteroatoms. The van der Waals surface area contributed by atoms with Gasteiger partial charge in [-0.25, -0.2) is 0 Å². The third-order valence-corrected chi connectivity index (χ3v) is 5.10. The zero-order valence-corrected chi connectivity index (χ0v) is 14.5. The highest BCUT2D eigenvalue weighted by Gasteiger charge is 2.42. The highest BCUT2D eigenvalue weighted by molar-refractivity contribution is 5.92. The van der Waals surface area contributed by atoms with Crippen molar-refractivity contribution in [2.75, 3.05) is 21.3 Å². The Balaban J connectivity index is 1.70. The minimum Gasteiger partial charge on any atom is -0.493 e. The first kappa shape index (κ1) is 16.8. The highest BCUT2D eigenvalue weighted by atomic mass is 16.5. The molecule has 0 spiro atoms. The monoisotopic (exact) mass is 331 g/mol. The number of benzene rings is 1. The summed E-state index contributed by atoms with van der Waals surface area (Å²) in [7, 11) is 4.98. The van der Waals surface area contributed by atoms with Gasteiger partial charge in [0.2, 0.25) is 5.91 Å². The molecule has 2 aliphatic heterocycles. The summed E-state index contributed by atoms with van der Waals surface area (Å²) in [5.41, 5.74) is 0.917. The van der Waals surface area contributed by atoms with E-state index in [1.165, 1.54) is 0 Å². The summed E-state index contributed by atoms with van der Waals surface area (Å²) in [5.74, 6) is 1.43. The van der Waals surface area contributed by atoms with Crippen molar-refractivity contribution >= 4 is 12.0 Å². The first-order chi connectivity index (χ1) is 11.7. The van der Waals surface area contributed by atoms with Crippen LogP contribution in [0.25, 0.3) is 6.08 Å². The largest absolute Gasteiger partial charge is 0.493 e. The van der Waals surface area contributed by atoms with Gasteiger partial charge < -0.3 is 19.1 Å². The van der Waals surface area contributed by atoms with Gasteiger partial charge in [-0.2, -0.15) is 0 Å². The maximum absolute atomic E-state index is 12.6. The molecule has 2 saturated heterocycles. The van der Waals surface area contributed by atoms with Crippen LogP contribution in [0.2, 0.25) is 0 Å². The molecule has 0 aromatic heterocycles. The zero-order valence-electron chi connectivity index (χ0n) is 14.5. The zero-order chi connectivity index (χ0) is 17.1. The molecule has 2 aliphatic rings. The van der Waals surface area contributed by atoms with Crippen LogP contribution >= 0.6 is 0 Å². The van der Waals surface area contributed by atoms with Crippen molar-refractivity contribution in [3.05, 3.63) is 29.8 Å². The number of fused-ring (bicyclic) bond motifs is 2. The Morgan fingerprint density at radius 1 is 1.08 bits per heavy atom. The van der Waals surface area contributed by atoms with Gasteiger partial charge in [-0.3, -0.25) is 4.79 Å². The second kappa shape index (κ2) is 7.26. The number of ether oxygens (including phenoxy) is 3. The lowest BCUT2D eigenvalue weighted by atomic mass is 9.99. The SMILES string of the molecule is COc1ccc(C=CC(=O)N2C3CCC2CC(OC)C3)cc1OC. The number of piperidine rings is 1. The molecule has 24 heavy (non-hydrogen) atoms. The van der Waals surface area contributed by atoms with E-state index in [4.69, 9.17) is 14.2 Å². The van der Waals surface area contributed by atoms with Crippen LogP contribution in [-0.2, 0) is 9.53 Å². The minimum atomic E-state index is 0.0897. The third-order valence-electron chi connectivity index (χ3n) is 5.10. The number of rotatable bonds is 5. The second-order valence-corrected chi connectivity index (χ2v) is 6.41. The fourth-order valence-corrected chi connectivity index (χ4v) is 3.89. The number of amides is 1. The van der Waals surface area contributed by atoms with Gasteiger partial charge >= 0.3 is 0 Å². The topological polar surface area (TPSA) is 48.0 Å². The fraction of sp³-hybridized carbons (Fsp3) is 0.526. The molecule has 5 nitrogen and oxygen atoms in total. The molecule has 3 rings (SSSR count). The summed E-state index contributed by atoms with van der Waals surface area (Å²) in [5, 5.41) is 0. The van der Waals surface area contributed by atoms with E-state index in [9.17, 15) is 4.79 Å². The predicted octanol–water partition coefficient (Wildman–Crippen LogP) is 2.89. The van der Waals surface area contributed by atoms with Gasteiger partial charge in [0.05, 0.1) is 20.3 Å². The quantitative estimate of drug-likeness (QED) is 0.779. The van der Waals surface area contributed by atoms with Crippen LogP contribution in [0.1, 0.15) is 31.2 Å². The standard InChI is InChI=1S/C19H25NO4/c1-22-16-11-14-6-7-15(12-16)20(14)19(21)9-5-13-4-8-17(23-2)18(10-13)24-3/h4-5,8-10,14-16H,6-7,11-12H2,1-3H3. The number of hydrogen-bond acceptors (Lipinski definition) is 4. The fourth-order valence-electron chi connectivity index (χ4n) is 3.89. The lowest BCUT2D eigenvalue weighted by molar-refractivity contribution is -0.132. The molecule has 2 heterocycles. The van der Waals surface area contributed by atoms with Gasteiger partial charge in [0, 0.05) is 25.3 Å². The number of carbonyl (C=O) groups is 1. The van der Waals surface area contributed by atoms with E-state index in [0.717, 1.165) is 31.2 Å². The lowest BCUT2D eigenvalue weighted by Crippen LogP contribution is -2.47. The van der Waals surface area contributed by atoms with E-state index in [0.29, 0.717) is 29.7 Å². The average Bonchev–Trinajstić information content (AvgIpc) is 2.89. The Morgan fingerprint density at radius 3 is 2.33 bits per heavy atom. The molecule has 0 N–H and O–H groups in total. The molecule has 2 bridgehead atoms. The average molecular weight is 331 g/mol. The second-order valence-electron chi connectivity index (χ2n) is 6.41. The summed E-state index contributed by atoms with van der Waals surface area (Å²) in [6.45, 7) is 0. The summed E-state index contributed by atoms with van der Waals surface area (Å²) in [6.07, 6.45) is 7.86. The molecule has 2 atom stereocenters. The Hall–Kier alpha value is -2.01. The summed E-state index contributed by atoms with van der Waals surface area (Å²) in [4.78, 5) is 14.7.